The molecule has 1 amide bonds. The Balaban J connectivity index is 1.93. The van der Waals surface area contributed by atoms with E-state index in [2.05, 4.69) is 28.2 Å². The average molecular weight is 386 g/mol. The minimum atomic E-state index is -0.959. The van der Waals surface area contributed by atoms with Crippen LogP contribution in [-0.2, 0) is 9.53 Å². The van der Waals surface area contributed by atoms with E-state index in [1.54, 1.807) is 6.07 Å². The number of rotatable bonds is 4. The van der Waals surface area contributed by atoms with Crippen LogP contribution in [0.1, 0.15) is 49.9 Å². The zero-order valence-electron chi connectivity index (χ0n) is 13.3. The van der Waals surface area contributed by atoms with Crippen LogP contribution in [0.15, 0.2) is 22.7 Å². The van der Waals surface area contributed by atoms with Crippen molar-refractivity contribution in [3.8, 4) is 0 Å². The summed E-state index contributed by atoms with van der Waals surface area (Å²) in [7, 11) is 0. The van der Waals surface area contributed by atoms with E-state index in [0.29, 0.717) is 10.4 Å². The normalized spacial score (nSPS) is 22.3. The van der Waals surface area contributed by atoms with Gasteiger partial charge in [-0.1, -0.05) is 35.7 Å². The van der Waals surface area contributed by atoms with Crippen molar-refractivity contribution < 1.29 is 18.7 Å². The highest BCUT2D eigenvalue weighted by Gasteiger charge is 2.27. The Morgan fingerprint density at radius 1 is 1.35 bits per heavy atom. The van der Waals surface area contributed by atoms with Gasteiger partial charge in [-0.3, -0.25) is 4.79 Å². The quantitative estimate of drug-likeness (QED) is 0.801. The zero-order valence-corrected chi connectivity index (χ0v) is 14.9. The molecular formula is C17H21BrFNO3. The Labute approximate surface area is 143 Å². The number of halogens is 2. The lowest BCUT2D eigenvalue weighted by Crippen LogP contribution is -2.46. The van der Waals surface area contributed by atoms with Crippen LogP contribution in [0.3, 0.4) is 0 Å². The fourth-order valence-corrected chi connectivity index (χ4v) is 3.10. The molecule has 0 radical (unpaired) electrons. The van der Waals surface area contributed by atoms with E-state index in [-0.39, 0.29) is 17.5 Å². The predicted octanol–water partition coefficient (Wildman–Crippen LogP) is 3.83. The molecule has 1 aliphatic rings. The maximum atomic E-state index is 13.7. The first-order valence-electron chi connectivity index (χ1n) is 7.85. The number of amides is 1. The Kier molecular flexibility index (Phi) is 6.16. The first kappa shape index (κ1) is 17.9. The van der Waals surface area contributed by atoms with Gasteiger partial charge in [-0.05, 0) is 43.9 Å². The molecule has 0 bridgehead atoms. The van der Waals surface area contributed by atoms with E-state index in [4.69, 9.17) is 4.74 Å². The molecule has 2 rings (SSSR count). The second-order valence-electron chi connectivity index (χ2n) is 6.05. The van der Waals surface area contributed by atoms with Crippen LogP contribution in [0.2, 0.25) is 0 Å². The lowest BCUT2D eigenvalue weighted by atomic mass is 9.86. The smallest absolute Gasteiger partial charge is 0.341 e. The maximum Gasteiger partial charge on any atom is 0.341 e. The summed E-state index contributed by atoms with van der Waals surface area (Å²) in [6.45, 7) is 3.61. The van der Waals surface area contributed by atoms with Gasteiger partial charge in [0.15, 0.2) is 6.10 Å². The third kappa shape index (κ3) is 4.77. The molecule has 0 heterocycles. The number of carbonyl (C=O) groups is 2. The fourth-order valence-electron chi connectivity index (χ4n) is 2.76. The molecule has 0 unspecified atom stereocenters. The molecule has 4 nitrogen and oxygen atoms in total. The highest BCUT2D eigenvalue weighted by Crippen LogP contribution is 2.24. The largest absolute Gasteiger partial charge is 0.449 e. The molecule has 1 N–H and O–H groups in total. The van der Waals surface area contributed by atoms with Gasteiger partial charge < -0.3 is 10.1 Å². The average Bonchev–Trinajstić information content (AvgIpc) is 2.49. The molecule has 1 aromatic rings. The van der Waals surface area contributed by atoms with Gasteiger partial charge in [0, 0.05) is 10.5 Å². The van der Waals surface area contributed by atoms with Crippen molar-refractivity contribution in [1.82, 2.24) is 5.32 Å². The number of hydrogen-bond acceptors (Lipinski definition) is 3. The van der Waals surface area contributed by atoms with Crippen molar-refractivity contribution in [1.29, 1.82) is 0 Å². The Morgan fingerprint density at radius 3 is 2.70 bits per heavy atom. The fraction of sp³-hybridized carbons (Fsp3) is 0.529. The van der Waals surface area contributed by atoms with Gasteiger partial charge in [0.2, 0.25) is 0 Å². The topological polar surface area (TPSA) is 55.4 Å². The van der Waals surface area contributed by atoms with Gasteiger partial charge in [-0.25, -0.2) is 9.18 Å². The van der Waals surface area contributed by atoms with Crippen molar-refractivity contribution >= 4 is 27.8 Å². The first-order chi connectivity index (χ1) is 10.9. The number of hydrogen-bond donors (Lipinski definition) is 1. The monoisotopic (exact) mass is 385 g/mol. The number of nitrogens with one attached hydrogen (secondary N) is 1. The number of carbonyl (C=O) groups excluding carboxylic acids is 2. The Hall–Kier alpha value is -1.43. The second-order valence-corrected chi connectivity index (χ2v) is 6.96. The van der Waals surface area contributed by atoms with Gasteiger partial charge >= 0.3 is 5.97 Å². The summed E-state index contributed by atoms with van der Waals surface area (Å²) in [6, 6.07) is 4.18. The van der Waals surface area contributed by atoms with Crippen molar-refractivity contribution in [3.63, 3.8) is 0 Å². The van der Waals surface area contributed by atoms with Gasteiger partial charge in [0.25, 0.3) is 5.91 Å². The third-order valence-electron chi connectivity index (χ3n) is 4.24. The Bertz CT molecular complexity index is 593. The second kappa shape index (κ2) is 7.90. The lowest BCUT2D eigenvalue weighted by molar-refractivity contribution is -0.130. The minimum absolute atomic E-state index is 0.113. The van der Waals surface area contributed by atoms with E-state index >= 15 is 0 Å². The molecular weight excluding hydrogens is 365 g/mol. The van der Waals surface area contributed by atoms with Crippen molar-refractivity contribution in [2.24, 2.45) is 5.92 Å². The third-order valence-corrected chi connectivity index (χ3v) is 4.74. The SMILES string of the molecule is C[C@@H](OC(=O)c1ccc(Br)cc1F)C(=O)N[C@@H]1CCCC[C@@H]1C. The Morgan fingerprint density at radius 2 is 2.04 bits per heavy atom. The summed E-state index contributed by atoms with van der Waals surface area (Å²) in [5.41, 5.74) is -0.182. The summed E-state index contributed by atoms with van der Waals surface area (Å²) in [6.07, 6.45) is 3.34. The van der Waals surface area contributed by atoms with Crippen LogP contribution < -0.4 is 5.32 Å². The van der Waals surface area contributed by atoms with Crippen molar-refractivity contribution in [2.45, 2.75) is 51.7 Å². The van der Waals surface area contributed by atoms with Gasteiger partial charge in [0.1, 0.15) is 5.82 Å². The molecule has 0 spiro atoms. The van der Waals surface area contributed by atoms with Gasteiger partial charge in [-0.15, -0.1) is 0 Å². The molecule has 1 saturated carbocycles. The molecule has 0 aliphatic heterocycles. The maximum absolute atomic E-state index is 13.7. The molecule has 1 aromatic carbocycles. The minimum Gasteiger partial charge on any atom is -0.449 e. The van der Waals surface area contributed by atoms with E-state index < -0.39 is 17.9 Å². The predicted molar refractivity (Wildman–Crippen MR) is 88.5 cm³/mol. The molecule has 0 aromatic heterocycles. The number of benzene rings is 1. The first-order valence-corrected chi connectivity index (χ1v) is 8.64. The highest BCUT2D eigenvalue weighted by molar-refractivity contribution is 9.10. The number of esters is 1. The molecule has 6 heteroatoms. The lowest BCUT2D eigenvalue weighted by Gasteiger charge is -2.30. The molecule has 23 heavy (non-hydrogen) atoms. The number of ether oxygens (including phenoxy) is 1. The van der Waals surface area contributed by atoms with E-state index in [1.807, 2.05) is 0 Å². The van der Waals surface area contributed by atoms with E-state index in [9.17, 15) is 14.0 Å². The summed E-state index contributed by atoms with van der Waals surface area (Å²) in [5, 5.41) is 2.93. The van der Waals surface area contributed by atoms with Crippen LogP contribution in [0.25, 0.3) is 0 Å². The van der Waals surface area contributed by atoms with Crippen LogP contribution in [-0.4, -0.2) is 24.0 Å². The molecule has 1 fully saturated rings. The standard InChI is InChI=1S/C17H21BrFNO3/c1-10-5-3-4-6-15(10)20-16(21)11(2)23-17(22)13-8-7-12(18)9-14(13)19/h7-11,15H,3-6H2,1-2H3,(H,20,21)/t10-,11+,15+/m0/s1. The molecule has 0 saturated heterocycles. The van der Waals surface area contributed by atoms with Crippen LogP contribution >= 0.6 is 15.9 Å². The van der Waals surface area contributed by atoms with Gasteiger partial charge in [-0.2, -0.15) is 0 Å². The van der Waals surface area contributed by atoms with Crippen molar-refractivity contribution in [3.05, 3.63) is 34.1 Å². The van der Waals surface area contributed by atoms with Gasteiger partial charge in [0.05, 0.1) is 5.56 Å². The molecule has 1 aliphatic carbocycles. The van der Waals surface area contributed by atoms with E-state index in [0.717, 1.165) is 19.3 Å². The van der Waals surface area contributed by atoms with Crippen LogP contribution in [0.4, 0.5) is 4.39 Å². The summed E-state index contributed by atoms with van der Waals surface area (Å²) >= 11 is 3.12. The van der Waals surface area contributed by atoms with Crippen molar-refractivity contribution in [2.75, 3.05) is 0 Å². The van der Waals surface area contributed by atoms with Crippen LogP contribution in [0, 0.1) is 11.7 Å². The summed E-state index contributed by atoms with van der Waals surface area (Å²) in [4.78, 5) is 24.2. The molecule has 126 valence electrons. The van der Waals surface area contributed by atoms with Crippen LogP contribution in [0.5, 0.6) is 0 Å². The summed E-state index contributed by atoms with van der Waals surface area (Å²) in [5.74, 6) is -1.44. The zero-order chi connectivity index (χ0) is 17.0. The molecule has 3 atom stereocenters. The highest BCUT2D eigenvalue weighted by atomic mass is 79.9. The summed E-state index contributed by atoms with van der Waals surface area (Å²) < 4.78 is 19.4. The van der Waals surface area contributed by atoms with E-state index in [1.165, 1.54) is 25.5 Å².